The summed E-state index contributed by atoms with van der Waals surface area (Å²) < 4.78 is 0. The standard InChI is InChI=1S/C7H8N4S/c1-2-3-12-7-10-5(8)4-6(9)11-7/h1,4H,3H2,(H4,8,9,10,11). The molecule has 1 aromatic rings. The highest BCUT2D eigenvalue weighted by Crippen LogP contribution is 2.14. The van der Waals surface area contributed by atoms with E-state index in [-0.39, 0.29) is 0 Å². The summed E-state index contributed by atoms with van der Waals surface area (Å²) in [4.78, 5) is 7.85. The summed E-state index contributed by atoms with van der Waals surface area (Å²) in [5, 5.41) is 0.519. The van der Waals surface area contributed by atoms with Gasteiger partial charge in [-0.15, -0.1) is 6.42 Å². The predicted molar refractivity (Wildman–Crippen MR) is 50.4 cm³/mol. The molecule has 0 spiro atoms. The van der Waals surface area contributed by atoms with Gasteiger partial charge in [0.1, 0.15) is 11.6 Å². The zero-order valence-electron chi connectivity index (χ0n) is 6.32. The fraction of sp³-hybridized carbons (Fsp3) is 0.143. The van der Waals surface area contributed by atoms with Gasteiger partial charge in [0.05, 0.1) is 5.75 Å². The number of hydrogen-bond acceptors (Lipinski definition) is 5. The molecule has 62 valence electrons. The van der Waals surface area contributed by atoms with Gasteiger partial charge in [0.25, 0.3) is 0 Å². The van der Waals surface area contributed by atoms with Gasteiger partial charge in [-0.2, -0.15) is 0 Å². The van der Waals surface area contributed by atoms with E-state index in [2.05, 4.69) is 15.9 Å². The van der Waals surface area contributed by atoms with E-state index in [1.165, 1.54) is 17.8 Å². The van der Waals surface area contributed by atoms with Gasteiger partial charge in [-0.25, -0.2) is 9.97 Å². The van der Waals surface area contributed by atoms with Crippen molar-refractivity contribution in [2.75, 3.05) is 17.2 Å². The number of aromatic nitrogens is 2. The Morgan fingerprint density at radius 3 is 2.50 bits per heavy atom. The summed E-state index contributed by atoms with van der Waals surface area (Å²) in [6.07, 6.45) is 5.06. The minimum atomic E-state index is 0.363. The van der Waals surface area contributed by atoms with E-state index < -0.39 is 0 Å². The smallest absolute Gasteiger partial charge is 0.192 e. The maximum Gasteiger partial charge on any atom is 0.192 e. The van der Waals surface area contributed by atoms with Crippen LogP contribution in [0.4, 0.5) is 11.6 Å². The third-order valence-electron chi connectivity index (χ3n) is 1.03. The Balaban J connectivity index is 2.80. The molecule has 0 fully saturated rings. The molecule has 1 rings (SSSR count). The van der Waals surface area contributed by atoms with E-state index in [4.69, 9.17) is 17.9 Å². The first-order chi connectivity index (χ1) is 5.72. The number of nitrogens with zero attached hydrogens (tertiary/aromatic N) is 2. The third-order valence-corrected chi connectivity index (χ3v) is 1.78. The number of anilines is 2. The molecule has 0 aliphatic heterocycles. The van der Waals surface area contributed by atoms with E-state index in [1.54, 1.807) is 0 Å². The zero-order valence-corrected chi connectivity index (χ0v) is 7.14. The molecule has 4 nitrogen and oxygen atoms in total. The minimum absolute atomic E-state index is 0.363. The van der Waals surface area contributed by atoms with Crippen LogP contribution in [0.25, 0.3) is 0 Å². The van der Waals surface area contributed by atoms with Crippen LogP contribution < -0.4 is 11.5 Å². The molecule has 0 amide bonds. The van der Waals surface area contributed by atoms with Crippen molar-refractivity contribution in [3.05, 3.63) is 6.07 Å². The lowest BCUT2D eigenvalue weighted by Gasteiger charge is -1.98. The van der Waals surface area contributed by atoms with Crippen molar-refractivity contribution in [3.63, 3.8) is 0 Å². The Hall–Kier alpha value is -1.41. The van der Waals surface area contributed by atoms with Gasteiger partial charge in [0.15, 0.2) is 5.16 Å². The van der Waals surface area contributed by atoms with Gasteiger partial charge in [-0.1, -0.05) is 17.7 Å². The van der Waals surface area contributed by atoms with Crippen LogP contribution in [-0.4, -0.2) is 15.7 Å². The SMILES string of the molecule is C#CCSc1nc(N)cc(N)n1. The Kier molecular flexibility index (Phi) is 2.77. The number of nitrogens with two attached hydrogens (primary N) is 2. The number of thioether (sulfide) groups is 1. The lowest BCUT2D eigenvalue weighted by atomic mass is 10.5. The molecule has 1 aromatic heterocycles. The van der Waals surface area contributed by atoms with Crippen molar-refractivity contribution in [1.82, 2.24) is 9.97 Å². The van der Waals surface area contributed by atoms with Crippen LogP contribution in [0, 0.1) is 12.3 Å². The number of hydrogen-bond donors (Lipinski definition) is 2. The minimum Gasteiger partial charge on any atom is -0.383 e. The topological polar surface area (TPSA) is 77.8 Å². The molecule has 0 saturated heterocycles. The lowest BCUT2D eigenvalue weighted by Crippen LogP contribution is -1.99. The summed E-state index contributed by atoms with van der Waals surface area (Å²) in [6, 6.07) is 1.50. The van der Waals surface area contributed by atoms with Crippen molar-refractivity contribution < 1.29 is 0 Å². The summed E-state index contributed by atoms with van der Waals surface area (Å²) >= 11 is 1.33. The largest absolute Gasteiger partial charge is 0.383 e. The molecular formula is C7H8N4S. The highest BCUT2D eigenvalue weighted by Gasteiger charge is 1.98. The maximum atomic E-state index is 5.44. The van der Waals surface area contributed by atoms with Gasteiger partial charge in [-0.3, -0.25) is 0 Å². The molecule has 0 bridgehead atoms. The van der Waals surface area contributed by atoms with Crippen LogP contribution in [0.3, 0.4) is 0 Å². The van der Waals surface area contributed by atoms with E-state index in [0.29, 0.717) is 22.5 Å². The molecule has 0 atom stereocenters. The summed E-state index contributed by atoms with van der Waals surface area (Å²) in [7, 11) is 0. The van der Waals surface area contributed by atoms with Crippen molar-refractivity contribution in [2.24, 2.45) is 0 Å². The van der Waals surface area contributed by atoms with E-state index in [9.17, 15) is 0 Å². The first kappa shape index (κ1) is 8.68. The van der Waals surface area contributed by atoms with Crippen LogP contribution in [-0.2, 0) is 0 Å². The maximum absolute atomic E-state index is 5.44. The lowest BCUT2D eigenvalue weighted by molar-refractivity contribution is 0.987. The quantitative estimate of drug-likeness (QED) is 0.390. The van der Waals surface area contributed by atoms with Crippen LogP contribution in [0.5, 0.6) is 0 Å². The molecule has 0 aliphatic carbocycles. The van der Waals surface area contributed by atoms with Crippen molar-refractivity contribution in [2.45, 2.75) is 5.16 Å². The number of terminal acetylenes is 1. The average molecular weight is 180 g/mol. The monoisotopic (exact) mass is 180 g/mol. The first-order valence-electron chi connectivity index (χ1n) is 3.18. The summed E-state index contributed by atoms with van der Waals surface area (Å²) in [5.74, 6) is 3.70. The molecule has 1 heterocycles. The van der Waals surface area contributed by atoms with Gasteiger partial charge in [0, 0.05) is 6.07 Å². The second kappa shape index (κ2) is 3.83. The molecule has 0 aromatic carbocycles. The van der Waals surface area contributed by atoms with Crippen LogP contribution in [0.15, 0.2) is 11.2 Å². The van der Waals surface area contributed by atoms with Crippen molar-refractivity contribution in [1.29, 1.82) is 0 Å². The predicted octanol–water partition coefficient (Wildman–Crippen LogP) is 0.366. The van der Waals surface area contributed by atoms with Gasteiger partial charge < -0.3 is 11.5 Å². The van der Waals surface area contributed by atoms with Crippen LogP contribution in [0.1, 0.15) is 0 Å². The fourth-order valence-corrected chi connectivity index (χ4v) is 1.19. The fourth-order valence-electron chi connectivity index (χ4n) is 0.633. The van der Waals surface area contributed by atoms with Gasteiger partial charge >= 0.3 is 0 Å². The van der Waals surface area contributed by atoms with Crippen molar-refractivity contribution >= 4 is 23.4 Å². The van der Waals surface area contributed by atoms with Crippen molar-refractivity contribution in [3.8, 4) is 12.3 Å². The molecular weight excluding hydrogens is 172 g/mol. The van der Waals surface area contributed by atoms with E-state index >= 15 is 0 Å². The van der Waals surface area contributed by atoms with Gasteiger partial charge in [0.2, 0.25) is 0 Å². The Morgan fingerprint density at radius 2 is 2.00 bits per heavy atom. The molecule has 12 heavy (non-hydrogen) atoms. The second-order valence-corrected chi connectivity index (χ2v) is 2.94. The van der Waals surface area contributed by atoms with Crippen LogP contribution >= 0.6 is 11.8 Å². The molecule has 4 N–H and O–H groups in total. The summed E-state index contributed by atoms with van der Waals surface area (Å²) in [5.41, 5.74) is 10.9. The Bertz CT molecular complexity index is 297. The molecule has 0 unspecified atom stereocenters. The molecule has 0 radical (unpaired) electrons. The van der Waals surface area contributed by atoms with Crippen LogP contribution in [0.2, 0.25) is 0 Å². The van der Waals surface area contributed by atoms with E-state index in [0.717, 1.165) is 0 Å². The normalized spacial score (nSPS) is 9.25. The molecule has 0 saturated carbocycles. The second-order valence-electron chi connectivity index (χ2n) is 1.99. The summed E-state index contributed by atoms with van der Waals surface area (Å²) in [6.45, 7) is 0. The van der Waals surface area contributed by atoms with Gasteiger partial charge in [-0.05, 0) is 0 Å². The third kappa shape index (κ3) is 2.32. The highest BCUT2D eigenvalue weighted by atomic mass is 32.2. The number of nitrogen functional groups attached to an aromatic ring is 2. The van der Waals surface area contributed by atoms with E-state index in [1.807, 2.05) is 0 Å². The Morgan fingerprint density at radius 1 is 1.42 bits per heavy atom. The molecule has 0 aliphatic rings. The highest BCUT2D eigenvalue weighted by molar-refractivity contribution is 7.99. The molecule has 5 heteroatoms. The number of rotatable bonds is 2. The zero-order chi connectivity index (χ0) is 8.97. The average Bonchev–Trinajstić information content (AvgIpc) is 1.99. The Labute approximate surface area is 74.8 Å². The first-order valence-corrected chi connectivity index (χ1v) is 4.17.